The second-order valence-corrected chi connectivity index (χ2v) is 5.69. The number of nitrogens with one attached hydrogen (secondary N) is 1. The highest BCUT2D eigenvalue weighted by atomic mass is 79.9. The van der Waals surface area contributed by atoms with Gasteiger partial charge in [-0.1, -0.05) is 6.92 Å². The van der Waals surface area contributed by atoms with Crippen molar-refractivity contribution in [3.05, 3.63) is 29.0 Å². The molecule has 1 aromatic heterocycles. The number of carboxylic acid groups (broad SMARTS) is 1. The van der Waals surface area contributed by atoms with Gasteiger partial charge in [-0.15, -0.1) is 0 Å². The number of carbonyl (C=O) groups excluding carboxylic acids is 1. The highest BCUT2D eigenvalue weighted by Gasteiger charge is 2.18. The molecule has 0 saturated carbocycles. The number of hydrogen-bond donors (Lipinski definition) is 2. The van der Waals surface area contributed by atoms with Crippen LogP contribution in [0.25, 0.3) is 11.0 Å². The Kier molecular flexibility index (Phi) is 4.92. The van der Waals surface area contributed by atoms with Crippen molar-refractivity contribution in [2.75, 3.05) is 18.9 Å². The lowest BCUT2D eigenvalue weighted by atomic mass is 10.2. The Morgan fingerprint density at radius 2 is 2.05 bits per heavy atom. The smallest absolute Gasteiger partial charge is 0.321 e. The predicted octanol–water partition coefficient (Wildman–Crippen LogP) is 2.58. The molecule has 2 aromatic rings. The van der Waals surface area contributed by atoms with Gasteiger partial charge in [0.25, 0.3) is 0 Å². The molecule has 0 fully saturated rings. The van der Waals surface area contributed by atoms with Gasteiger partial charge in [-0.05, 0) is 28.1 Å². The summed E-state index contributed by atoms with van der Waals surface area (Å²) in [4.78, 5) is 32.7. The van der Waals surface area contributed by atoms with Crippen LogP contribution in [0.5, 0.6) is 0 Å². The van der Waals surface area contributed by atoms with E-state index in [1.54, 1.807) is 38.5 Å². The fourth-order valence-electron chi connectivity index (χ4n) is 1.88. The van der Waals surface area contributed by atoms with E-state index in [1.807, 2.05) is 0 Å². The third-order valence-electron chi connectivity index (χ3n) is 3.14. The number of carboxylic acids is 1. The summed E-state index contributed by atoms with van der Waals surface area (Å²) < 4.78 is 0.631. The molecule has 1 aromatic carbocycles. The molecule has 0 aliphatic heterocycles. The van der Waals surface area contributed by atoms with E-state index in [4.69, 9.17) is 5.11 Å². The van der Waals surface area contributed by atoms with Crippen LogP contribution < -0.4 is 5.32 Å². The van der Waals surface area contributed by atoms with Gasteiger partial charge in [-0.3, -0.25) is 14.8 Å². The van der Waals surface area contributed by atoms with Crippen LogP contribution in [-0.4, -0.2) is 45.6 Å². The molecule has 116 valence electrons. The molecular formula is C14H15BrN4O3. The zero-order chi connectivity index (χ0) is 16.3. The van der Waals surface area contributed by atoms with E-state index in [0.29, 0.717) is 21.2 Å². The number of amides is 2. The first-order valence-corrected chi connectivity index (χ1v) is 7.33. The van der Waals surface area contributed by atoms with E-state index in [9.17, 15) is 9.59 Å². The first-order valence-electron chi connectivity index (χ1n) is 6.54. The molecule has 0 spiro atoms. The van der Waals surface area contributed by atoms with Crippen LogP contribution in [0.15, 0.2) is 29.0 Å². The molecule has 0 bridgehead atoms. The molecule has 1 heterocycles. The van der Waals surface area contributed by atoms with Crippen LogP contribution in [0.1, 0.15) is 6.92 Å². The van der Waals surface area contributed by atoms with Crippen molar-refractivity contribution >= 4 is 44.7 Å². The number of hydrogen-bond acceptors (Lipinski definition) is 4. The van der Waals surface area contributed by atoms with Crippen molar-refractivity contribution < 1.29 is 14.7 Å². The van der Waals surface area contributed by atoms with Gasteiger partial charge in [-0.2, -0.15) is 0 Å². The number of urea groups is 1. The average Bonchev–Trinajstić information content (AvgIpc) is 2.50. The molecule has 0 aliphatic carbocycles. The van der Waals surface area contributed by atoms with Gasteiger partial charge in [0.2, 0.25) is 0 Å². The molecule has 7 nitrogen and oxygen atoms in total. The number of halogens is 1. The van der Waals surface area contributed by atoms with Crippen LogP contribution in [-0.2, 0) is 4.79 Å². The minimum Gasteiger partial charge on any atom is -0.481 e. The van der Waals surface area contributed by atoms with E-state index < -0.39 is 17.9 Å². The standard InChI is InChI=1S/C14H15BrN4O3/c1-8(13(20)21)7-19(2)14(22)18-9-3-4-10-12(11(9)15)17-6-5-16-10/h3-6,8H,7H2,1-2H3,(H,18,22)(H,20,21). The molecule has 2 amide bonds. The summed E-state index contributed by atoms with van der Waals surface area (Å²) in [5, 5.41) is 11.6. The third-order valence-corrected chi connectivity index (χ3v) is 3.94. The lowest BCUT2D eigenvalue weighted by Crippen LogP contribution is -2.36. The minimum absolute atomic E-state index is 0.117. The Labute approximate surface area is 135 Å². The number of fused-ring (bicyclic) bond motifs is 1. The van der Waals surface area contributed by atoms with Crippen molar-refractivity contribution in [3.63, 3.8) is 0 Å². The molecule has 0 radical (unpaired) electrons. The monoisotopic (exact) mass is 366 g/mol. The van der Waals surface area contributed by atoms with E-state index in [-0.39, 0.29) is 6.54 Å². The van der Waals surface area contributed by atoms with Crippen molar-refractivity contribution in [1.29, 1.82) is 0 Å². The quantitative estimate of drug-likeness (QED) is 0.866. The Bertz CT molecular complexity index is 722. The molecular weight excluding hydrogens is 352 g/mol. The number of carbonyl (C=O) groups is 2. The molecule has 1 atom stereocenters. The molecule has 8 heteroatoms. The van der Waals surface area contributed by atoms with Crippen LogP contribution in [0.3, 0.4) is 0 Å². The van der Waals surface area contributed by atoms with E-state index in [2.05, 4.69) is 31.2 Å². The average molecular weight is 367 g/mol. The summed E-state index contributed by atoms with van der Waals surface area (Å²) in [6, 6.07) is 3.08. The third kappa shape index (κ3) is 3.51. The van der Waals surface area contributed by atoms with Gasteiger partial charge in [0, 0.05) is 26.0 Å². The van der Waals surface area contributed by atoms with Crippen molar-refractivity contribution in [1.82, 2.24) is 14.9 Å². The van der Waals surface area contributed by atoms with E-state index in [1.165, 1.54) is 4.90 Å². The highest BCUT2D eigenvalue weighted by molar-refractivity contribution is 9.10. The summed E-state index contributed by atoms with van der Waals surface area (Å²) in [6.07, 6.45) is 3.16. The summed E-state index contributed by atoms with van der Waals surface area (Å²) in [6.45, 7) is 1.67. The second-order valence-electron chi connectivity index (χ2n) is 4.90. The number of rotatable bonds is 4. The SMILES string of the molecule is CC(CN(C)C(=O)Nc1ccc2nccnc2c1Br)C(=O)O. The van der Waals surface area contributed by atoms with Gasteiger partial charge >= 0.3 is 12.0 Å². The molecule has 2 rings (SSSR count). The van der Waals surface area contributed by atoms with Crippen molar-refractivity contribution in [3.8, 4) is 0 Å². The van der Waals surface area contributed by atoms with Gasteiger partial charge in [0.1, 0.15) is 5.52 Å². The Balaban J connectivity index is 2.15. The van der Waals surface area contributed by atoms with Gasteiger partial charge in [0.15, 0.2) is 0 Å². The maximum atomic E-state index is 12.1. The van der Waals surface area contributed by atoms with E-state index in [0.717, 1.165) is 0 Å². The summed E-state index contributed by atoms with van der Waals surface area (Å²) in [5.74, 6) is -1.58. The first-order chi connectivity index (χ1) is 10.4. The normalized spacial score (nSPS) is 12.0. The maximum Gasteiger partial charge on any atom is 0.321 e. The van der Waals surface area contributed by atoms with E-state index >= 15 is 0 Å². The summed E-state index contributed by atoms with van der Waals surface area (Å²) in [7, 11) is 1.55. The number of aliphatic carboxylic acids is 1. The highest BCUT2D eigenvalue weighted by Crippen LogP contribution is 2.29. The Morgan fingerprint density at radius 3 is 2.73 bits per heavy atom. The molecule has 0 saturated heterocycles. The van der Waals surface area contributed by atoms with Crippen LogP contribution in [0, 0.1) is 5.92 Å². The lowest BCUT2D eigenvalue weighted by Gasteiger charge is -2.20. The molecule has 2 N–H and O–H groups in total. The fraction of sp³-hybridized carbons (Fsp3) is 0.286. The Hall–Kier alpha value is -2.22. The minimum atomic E-state index is -0.943. The zero-order valence-electron chi connectivity index (χ0n) is 12.1. The predicted molar refractivity (Wildman–Crippen MR) is 85.7 cm³/mol. The van der Waals surface area contributed by atoms with Crippen molar-refractivity contribution in [2.45, 2.75) is 6.92 Å². The molecule has 1 unspecified atom stereocenters. The second kappa shape index (κ2) is 6.69. The number of benzene rings is 1. The summed E-state index contributed by atoms with van der Waals surface area (Å²) in [5.41, 5.74) is 1.90. The number of aromatic nitrogens is 2. The Morgan fingerprint density at radius 1 is 1.36 bits per heavy atom. The first kappa shape index (κ1) is 16.2. The van der Waals surface area contributed by atoms with Gasteiger partial charge in [-0.25, -0.2) is 4.79 Å². The fourth-order valence-corrected chi connectivity index (χ4v) is 2.42. The van der Waals surface area contributed by atoms with Gasteiger partial charge in [0.05, 0.1) is 21.6 Å². The maximum absolute atomic E-state index is 12.1. The van der Waals surface area contributed by atoms with Gasteiger partial charge < -0.3 is 15.3 Å². The topological polar surface area (TPSA) is 95.4 Å². The largest absolute Gasteiger partial charge is 0.481 e. The van der Waals surface area contributed by atoms with Crippen LogP contribution >= 0.6 is 15.9 Å². The summed E-state index contributed by atoms with van der Waals surface area (Å²) >= 11 is 3.40. The van der Waals surface area contributed by atoms with Crippen LogP contribution in [0.4, 0.5) is 10.5 Å². The number of nitrogens with zero attached hydrogens (tertiary/aromatic N) is 3. The lowest BCUT2D eigenvalue weighted by molar-refractivity contribution is -0.141. The molecule has 0 aliphatic rings. The number of anilines is 1. The van der Waals surface area contributed by atoms with Crippen molar-refractivity contribution in [2.24, 2.45) is 5.92 Å². The van der Waals surface area contributed by atoms with Crippen LogP contribution in [0.2, 0.25) is 0 Å². The molecule has 22 heavy (non-hydrogen) atoms. The zero-order valence-corrected chi connectivity index (χ0v) is 13.7.